The minimum absolute atomic E-state index is 0.104. The normalized spacial score (nSPS) is 23.5. The molecule has 0 spiro atoms. The molecule has 2 atom stereocenters. The van der Waals surface area contributed by atoms with Crippen LogP contribution >= 0.6 is 0 Å². The van der Waals surface area contributed by atoms with Crippen molar-refractivity contribution in [3.05, 3.63) is 54.0 Å². The van der Waals surface area contributed by atoms with E-state index in [1.165, 1.54) is 7.11 Å². The first-order valence-corrected chi connectivity index (χ1v) is 13.0. The van der Waals surface area contributed by atoms with Gasteiger partial charge in [-0.1, -0.05) is 19.1 Å². The van der Waals surface area contributed by atoms with E-state index in [1.807, 2.05) is 29.9 Å². The molecule has 4 heterocycles. The van der Waals surface area contributed by atoms with E-state index in [1.54, 1.807) is 24.5 Å². The lowest BCUT2D eigenvalue weighted by Gasteiger charge is -2.40. The molecule has 3 aliphatic rings. The van der Waals surface area contributed by atoms with Crippen molar-refractivity contribution in [2.45, 2.75) is 70.5 Å². The number of piperidine rings is 1. The molecule has 1 aromatic carbocycles. The summed E-state index contributed by atoms with van der Waals surface area (Å²) in [4.78, 5) is 36.2. The van der Waals surface area contributed by atoms with Gasteiger partial charge in [-0.3, -0.25) is 9.48 Å². The molecule has 37 heavy (non-hydrogen) atoms. The number of aryl methyl sites for hydroxylation is 1. The van der Waals surface area contributed by atoms with Crippen LogP contribution in [0.25, 0.3) is 11.3 Å². The number of nitrogens with one attached hydrogen (secondary N) is 1. The molecule has 2 unspecified atom stereocenters. The summed E-state index contributed by atoms with van der Waals surface area (Å²) in [6, 6.07) is 8.11. The SMILES string of the molecule is COC(=O)c1ccc(-c2nc(Nc3cnn(C4CC5CCC(C4)N5C(=O)C4(C)CC4)c3)ncc2C)cc1. The zero-order valence-electron chi connectivity index (χ0n) is 21.5. The van der Waals surface area contributed by atoms with Crippen molar-refractivity contribution in [1.29, 1.82) is 0 Å². The van der Waals surface area contributed by atoms with Gasteiger partial charge < -0.3 is 15.0 Å². The lowest BCUT2D eigenvalue weighted by atomic mass is 9.95. The molecule has 1 saturated carbocycles. The summed E-state index contributed by atoms with van der Waals surface area (Å²) in [5.74, 6) is 0.483. The smallest absolute Gasteiger partial charge is 0.337 e. The van der Waals surface area contributed by atoms with Crippen LogP contribution in [0, 0.1) is 12.3 Å². The monoisotopic (exact) mass is 500 g/mol. The van der Waals surface area contributed by atoms with Crippen molar-refractivity contribution < 1.29 is 14.3 Å². The number of nitrogens with zero attached hydrogens (tertiary/aromatic N) is 5. The molecule has 2 saturated heterocycles. The average Bonchev–Trinajstić information content (AvgIpc) is 3.40. The van der Waals surface area contributed by atoms with Gasteiger partial charge >= 0.3 is 5.97 Å². The van der Waals surface area contributed by atoms with Crippen molar-refractivity contribution in [3.63, 3.8) is 0 Å². The zero-order chi connectivity index (χ0) is 25.7. The number of amides is 1. The van der Waals surface area contributed by atoms with Crippen LogP contribution in [0.4, 0.5) is 11.6 Å². The summed E-state index contributed by atoms with van der Waals surface area (Å²) in [7, 11) is 1.37. The van der Waals surface area contributed by atoms with Crippen LogP contribution in [0.15, 0.2) is 42.9 Å². The first kappa shape index (κ1) is 23.6. The zero-order valence-corrected chi connectivity index (χ0v) is 21.5. The fraction of sp³-hybridized carbons (Fsp3) is 0.464. The lowest BCUT2D eigenvalue weighted by Crippen LogP contribution is -2.49. The van der Waals surface area contributed by atoms with Crippen LogP contribution in [-0.2, 0) is 9.53 Å². The Morgan fingerprint density at radius 3 is 2.41 bits per heavy atom. The van der Waals surface area contributed by atoms with E-state index < -0.39 is 0 Å². The quantitative estimate of drug-likeness (QED) is 0.491. The number of fused-ring (bicyclic) bond motifs is 2. The van der Waals surface area contributed by atoms with E-state index in [2.05, 4.69) is 27.2 Å². The predicted molar refractivity (Wildman–Crippen MR) is 138 cm³/mol. The topological polar surface area (TPSA) is 102 Å². The molecular formula is C28H32N6O3. The Kier molecular flexibility index (Phi) is 5.73. The first-order chi connectivity index (χ1) is 17.8. The Bertz CT molecular complexity index is 1330. The van der Waals surface area contributed by atoms with E-state index >= 15 is 0 Å². The van der Waals surface area contributed by atoms with Gasteiger partial charge in [0.2, 0.25) is 11.9 Å². The Morgan fingerprint density at radius 1 is 1.05 bits per heavy atom. The average molecular weight is 501 g/mol. The van der Waals surface area contributed by atoms with E-state index in [9.17, 15) is 9.59 Å². The Balaban J connectivity index is 1.15. The number of anilines is 2. The number of carbonyl (C=O) groups is 2. The highest BCUT2D eigenvalue weighted by Crippen LogP contribution is 2.51. The van der Waals surface area contributed by atoms with Crippen molar-refractivity contribution in [1.82, 2.24) is 24.6 Å². The van der Waals surface area contributed by atoms with E-state index in [-0.39, 0.29) is 17.4 Å². The van der Waals surface area contributed by atoms with Crippen molar-refractivity contribution in [2.75, 3.05) is 12.4 Å². The third kappa shape index (κ3) is 4.36. The summed E-state index contributed by atoms with van der Waals surface area (Å²) in [6.07, 6.45) is 11.7. The molecule has 2 aromatic heterocycles. The highest BCUT2D eigenvalue weighted by molar-refractivity contribution is 5.90. The minimum Gasteiger partial charge on any atom is -0.465 e. The maximum absolute atomic E-state index is 13.1. The van der Waals surface area contributed by atoms with E-state index in [0.717, 1.165) is 61.0 Å². The molecule has 1 aliphatic carbocycles. The standard InChI is InChI=1S/C28H32N6O3/c1-17-14-29-27(32-24(17)18-4-6-19(7-5-18)25(35)37-3)31-20-15-30-33(16-20)23-12-21-8-9-22(13-23)34(21)26(36)28(2)10-11-28/h4-7,14-16,21-23H,8-13H2,1-3H3,(H,29,31,32). The highest BCUT2D eigenvalue weighted by atomic mass is 16.5. The minimum atomic E-state index is -0.368. The van der Waals surface area contributed by atoms with Crippen LogP contribution in [0.2, 0.25) is 0 Å². The van der Waals surface area contributed by atoms with Gasteiger partial charge in [-0.05, 0) is 63.1 Å². The summed E-state index contributed by atoms with van der Waals surface area (Å²) in [5.41, 5.74) is 3.83. The molecule has 2 bridgehead atoms. The van der Waals surface area contributed by atoms with Gasteiger partial charge in [0.25, 0.3) is 0 Å². The van der Waals surface area contributed by atoms with Crippen molar-refractivity contribution >= 4 is 23.5 Å². The van der Waals surface area contributed by atoms with Crippen molar-refractivity contribution in [3.8, 4) is 11.3 Å². The largest absolute Gasteiger partial charge is 0.465 e. The van der Waals surface area contributed by atoms with Gasteiger partial charge in [0.05, 0.1) is 36.3 Å². The maximum atomic E-state index is 13.1. The number of hydrogen-bond donors (Lipinski definition) is 1. The molecule has 9 nitrogen and oxygen atoms in total. The van der Waals surface area contributed by atoms with Gasteiger partial charge in [-0.2, -0.15) is 5.10 Å². The number of hydrogen-bond acceptors (Lipinski definition) is 7. The lowest BCUT2D eigenvalue weighted by molar-refractivity contribution is -0.141. The summed E-state index contributed by atoms with van der Waals surface area (Å²) in [5, 5.41) is 7.94. The number of aromatic nitrogens is 4. The highest BCUT2D eigenvalue weighted by Gasteiger charge is 2.53. The Morgan fingerprint density at radius 2 is 1.76 bits per heavy atom. The molecule has 6 rings (SSSR count). The van der Waals surface area contributed by atoms with Gasteiger partial charge in [0.15, 0.2) is 0 Å². The van der Waals surface area contributed by atoms with Gasteiger partial charge in [-0.25, -0.2) is 14.8 Å². The molecule has 3 fully saturated rings. The van der Waals surface area contributed by atoms with E-state index in [0.29, 0.717) is 29.5 Å². The number of rotatable bonds is 6. The second kappa shape index (κ2) is 8.97. The van der Waals surface area contributed by atoms with Gasteiger partial charge in [0, 0.05) is 35.5 Å². The molecule has 1 amide bonds. The fourth-order valence-corrected chi connectivity index (χ4v) is 5.82. The summed E-state index contributed by atoms with van der Waals surface area (Å²) in [6.45, 7) is 4.07. The van der Waals surface area contributed by atoms with Crippen LogP contribution in [0.3, 0.4) is 0 Å². The van der Waals surface area contributed by atoms with Crippen LogP contribution in [-0.4, -0.2) is 55.7 Å². The number of benzene rings is 1. The molecule has 192 valence electrons. The number of methoxy groups -OCH3 is 1. The van der Waals surface area contributed by atoms with Crippen LogP contribution < -0.4 is 5.32 Å². The molecule has 1 N–H and O–H groups in total. The molecule has 9 heteroatoms. The Labute approximate surface area is 216 Å². The van der Waals surface area contributed by atoms with Crippen molar-refractivity contribution in [2.24, 2.45) is 5.41 Å². The predicted octanol–water partition coefficient (Wildman–Crippen LogP) is 4.67. The summed E-state index contributed by atoms with van der Waals surface area (Å²) >= 11 is 0. The molecule has 0 radical (unpaired) electrons. The number of esters is 1. The second-order valence-electron chi connectivity index (χ2n) is 10.9. The Hall–Kier alpha value is -3.75. The van der Waals surface area contributed by atoms with Gasteiger partial charge in [0.1, 0.15) is 0 Å². The van der Waals surface area contributed by atoms with Crippen LogP contribution in [0.5, 0.6) is 0 Å². The first-order valence-electron chi connectivity index (χ1n) is 13.0. The third-order valence-electron chi connectivity index (χ3n) is 8.24. The number of ether oxygens (including phenoxy) is 1. The second-order valence-corrected chi connectivity index (χ2v) is 10.9. The molecular weight excluding hydrogens is 468 g/mol. The molecule has 2 aliphatic heterocycles. The summed E-state index contributed by atoms with van der Waals surface area (Å²) < 4.78 is 6.82. The number of carbonyl (C=O) groups excluding carboxylic acids is 2. The van der Waals surface area contributed by atoms with E-state index in [4.69, 9.17) is 9.72 Å². The fourth-order valence-electron chi connectivity index (χ4n) is 5.82. The molecule has 3 aromatic rings. The third-order valence-corrected chi connectivity index (χ3v) is 8.24. The maximum Gasteiger partial charge on any atom is 0.337 e. The van der Waals surface area contributed by atoms with Gasteiger partial charge in [-0.15, -0.1) is 0 Å². The van der Waals surface area contributed by atoms with Crippen LogP contribution in [0.1, 0.15) is 67.4 Å².